The molecule has 0 radical (unpaired) electrons. The van der Waals surface area contributed by atoms with Gasteiger partial charge in [0.2, 0.25) is 5.88 Å². The maximum absolute atomic E-state index is 5.45. The van der Waals surface area contributed by atoms with Crippen LogP contribution in [-0.4, -0.2) is 18.2 Å². The molecular weight excluding hydrogens is 264 g/mol. The third-order valence-corrected chi connectivity index (χ3v) is 3.10. The SMILES string of the molecule is CCOc1ccc(C(C)Nc2ccc(OCC)nc2)cc1. The van der Waals surface area contributed by atoms with Crippen molar-refractivity contribution in [3.63, 3.8) is 0 Å². The van der Waals surface area contributed by atoms with Gasteiger partial charge >= 0.3 is 0 Å². The van der Waals surface area contributed by atoms with Gasteiger partial charge in [-0.25, -0.2) is 4.98 Å². The lowest BCUT2D eigenvalue weighted by molar-refractivity contribution is 0.327. The predicted molar refractivity (Wildman–Crippen MR) is 85.1 cm³/mol. The first-order valence-electron chi connectivity index (χ1n) is 7.31. The molecule has 4 heteroatoms. The van der Waals surface area contributed by atoms with Gasteiger partial charge in [0, 0.05) is 12.1 Å². The first-order valence-corrected chi connectivity index (χ1v) is 7.31. The van der Waals surface area contributed by atoms with Crippen LogP contribution in [0.25, 0.3) is 0 Å². The molecule has 2 aromatic rings. The highest BCUT2D eigenvalue weighted by Gasteiger charge is 2.06. The molecule has 0 bridgehead atoms. The average molecular weight is 286 g/mol. The Kier molecular flexibility index (Phi) is 5.43. The van der Waals surface area contributed by atoms with E-state index < -0.39 is 0 Å². The van der Waals surface area contributed by atoms with Gasteiger partial charge in [-0.15, -0.1) is 0 Å². The van der Waals surface area contributed by atoms with E-state index >= 15 is 0 Å². The fourth-order valence-corrected chi connectivity index (χ4v) is 2.05. The zero-order valence-corrected chi connectivity index (χ0v) is 12.8. The third-order valence-electron chi connectivity index (χ3n) is 3.10. The summed E-state index contributed by atoms with van der Waals surface area (Å²) in [6.07, 6.45) is 1.79. The van der Waals surface area contributed by atoms with Crippen LogP contribution in [0.5, 0.6) is 11.6 Å². The molecule has 1 atom stereocenters. The lowest BCUT2D eigenvalue weighted by Gasteiger charge is -2.16. The Bertz CT molecular complexity index is 538. The molecule has 4 nitrogen and oxygen atoms in total. The molecule has 2 rings (SSSR count). The fourth-order valence-electron chi connectivity index (χ4n) is 2.05. The molecule has 21 heavy (non-hydrogen) atoms. The van der Waals surface area contributed by atoms with Crippen molar-refractivity contribution >= 4 is 5.69 Å². The number of hydrogen-bond donors (Lipinski definition) is 1. The summed E-state index contributed by atoms with van der Waals surface area (Å²) in [4.78, 5) is 4.25. The van der Waals surface area contributed by atoms with Gasteiger partial charge in [-0.1, -0.05) is 12.1 Å². The monoisotopic (exact) mass is 286 g/mol. The molecule has 1 unspecified atom stereocenters. The van der Waals surface area contributed by atoms with Crippen molar-refractivity contribution in [2.24, 2.45) is 0 Å². The number of nitrogens with one attached hydrogen (secondary N) is 1. The van der Waals surface area contributed by atoms with E-state index in [0.29, 0.717) is 19.1 Å². The van der Waals surface area contributed by atoms with Crippen LogP contribution in [0, 0.1) is 0 Å². The fraction of sp³-hybridized carbons (Fsp3) is 0.353. The second kappa shape index (κ2) is 7.53. The van der Waals surface area contributed by atoms with Gasteiger partial charge < -0.3 is 14.8 Å². The van der Waals surface area contributed by atoms with Crippen molar-refractivity contribution in [1.29, 1.82) is 0 Å². The Morgan fingerprint density at radius 3 is 2.29 bits per heavy atom. The molecule has 0 aliphatic heterocycles. The molecule has 0 spiro atoms. The van der Waals surface area contributed by atoms with Crippen LogP contribution < -0.4 is 14.8 Å². The Balaban J connectivity index is 1.98. The van der Waals surface area contributed by atoms with Crippen LogP contribution in [0.4, 0.5) is 5.69 Å². The van der Waals surface area contributed by atoms with E-state index in [1.54, 1.807) is 6.20 Å². The smallest absolute Gasteiger partial charge is 0.213 e. The molecular formula is C17H22N2O2. The van der Waals surface area contributed by atoms with E-state index in [1.165, 1.54) is 5.56 Å². The van der Waals surface area contributed by atoms with E-state index in [0.717, 1.165) is 11.4 Å². The number of aromatic nitrogens is 1. The molecule has 1 N–H and O–H groups in total. The Morgan fingerprint density at radius 1 is 1.00 bits per heavy atom. The van der Waals surface area contributed by atoms with E-state index in [2.05, 4.69) is 29.4 Å². The number of benzene rings is 1. The van der Waals surface area contributed by atoms with Crippen molar-refractivity contribution in [3.8, 4) is 11.6 Å². The minimum absolute atomic E-state index is 0.195. The lowest BCUT2D eigenvalue weighted by Crippen LogP contribution is -2.07. The summed E-state index contributed by atoms with van der Waals surface area (Å²) in [5, 5.41) is 3.42. The van der Waals surface area contributed by atoms with E-state index in [1.807, 2.05) is 38.1 Å². The largest absolute Gasteiger partial charge is 0.494 e. The molecule has 0 aliphatic rings. The topological polar surface area (TPSA) is 43.4 Å². The van der Waals surface area contributed by atoms with Crippen LogP contribution in [0.1, 0.15) is 32.4 Å². The van der Waals surface area contributed by atoms with Crippen LogP contribution in [0.2, 0.25) is 0 Å². The van der Waals surface area contributed by atoms with E-state index in [-0.39, 0.29) is 6.04 Å². The quantitative estimate of drug-likeness (QED) is 0.834. The van der Waals surface area contributed by atoms with Crippen molar-refractivity contribution in [3.05, 3.63) is 48.2 Å². The molecule has 0 saturated heterocycles. The summed E-state index contributed by atoms with van der Waals surface area (Å²) >= 11 is 0. The second-order valence-electron chi connectivity index (χ2n) is 4.69. The summed E-state index contributed by atoms with van der Waals surface area (Å²) in [5.41, 5.74) is 2.17. The van der Waals surface area contributed by atoms with Gasteiger partial charge in [-0.3, -0.25) is 0 Å². The highest BCUT2D eigenvalue weighted by Crippen LogP contribution is 2.22. The number of nitrogens with zero attached hydrogens (tertiary/aromatic N) is 1. The van der Waals surface area contributed by atoms with Gasteiger partial charge in [-0.05, 0) is 44.5 Å². The highest BCUT2D eigenvalue weighted by atomic mass is 16.5. The van der Waals surface area contributed by atoms with Crippen molar-refractivity contribution in [1.82, 2.24) is 4.98 Å². The Labute approximate surface area is 126 Å². The lowest BCUT2D eigenvalue weighted by atomic mass is 10.1. The minimum Gasteiger partial charge on any atom is -0.494 e. The van der Waals surface area contributed by atoms with Crippen molar-refractivity contribution in [2.45, 2.75) is 26.8 Å². The van der Waals surface area contributed by atoms with Crippen LogP contribution in [-0.2, 0) is 0 Å². The average Bonchev–Trinajstić information content (AvgIpc) is 2.50. The van der Waals surface area contributed by atoms with Crippen molar-refractivity contribution in [2.75, 3.05) is 18.5 Å². The van der Waals surface area contributed by atoms with Crippen LogP contribution in [0.3, 0.4) is 0 Å². The summed E-state index contributed by atoms with van der Waals surface area (Å²) in [7, 11) is 0. The maximum atomic E-state index is 5.45. The second-order valence-corrected chi connectivity index (χ2v) is 4.69. The number of rotatable bonds is 7. The van der Waals surface area contributed by atoms with E-state index in [9.17, 15) is 0 Å². The summed E-state index contributed by atoms with van der Waals surface area (Å²) in [6.45, 7) is 7.36. The summed E-state index contributed by atoms with van der Waals surface area (Å²) in [5.74, 6) is 1.55. The van der Waals surface area contributed by atoms with Crippen molar-refractivity contribution < 1.29 is 9.47 Å². The Hall–Kier alpha value is -2.23. The molecule has 0 aliphatic carbocycles. The number of pyridine rings is 1. The number of ether oxygens (including phenoxy) is 2. The zero-order valence-electron chi connectivity index (χ0n) is 12.8. The van der Waals surface area contributed by atoms with Gasteiger partial charge in [0.25, 0.3) is 0 Å². The molecule has 1 aromatic heterocycles. The summed E-state index contributed by atoms with van der Waals surface area (Å²) in [6, 6.07) is 12.2. The number of hydrogen-bond acceptors (Lipinski definition) is 4. The molecule has 0 saturated carbocycles. The van der Waals surface area contributed by atoms with E-state index in [4.69, 9.17) is 9.47 Å². The van der Waals surface area contributed by atoms with Crippen LogP contribution >= 0.6 is 0 Å². The minimum atomic E-state index is 0.195. The third kappa shape index (κ3) is 4.38. The molecule has 1 aromatic carbocycles. The molecule has 0 amide bonds. The van der Waals surface area contributed by atoms with Gasteiger partial charge in [0.1, 0.15) is 5.75 Å². The normalized spacial score (nSPS) is 11.8. The van der Waals surface area contributed by atoms with Crippen LogP contribution in [0.15, 0.2) is 42.6 Å². The van der Waals surface area contributed by atoms with Gasteiger partial charge in [0.15, 0.2) is 0 Å². The Morgan fingerprint density at radius 2 is 1.71 bits per heavy atom. The predicted octanol–water partition coefficient (Wildman–Crippen LogP) is 4.05. The summed E-state index contributed by atoms with van der Waals surface area (Å²) < 4.78 is 10.8. The highest BCUT2D eigenvalue weighted by molar-refractivity contribution is 5.45. The number of anilines is 1. The van der Waals surface area contributed by atoms with Gasteiger partial charge in [0.05, 0.1) is 25.1 Å². The first-order chi connectivity index (χ1) is 10.2. The van der Waals surface area contributed by atoms with Gasteiger partial charge in [-0.2, -0.15) is 0 Å². The molecule has 1 heterocycles. The standard InChI is InChI=1S/C17H22N2O2/c1-4-20-16-9-6-14(7-10-16)13(3)19-15-8-11-17(18-12-15)21-5-2/h6-13,19H,4-5H2,1-3H3. The molecule has 112 valence electrons. The zero-order chi connectivity index (χ0) is 15.1. The first kappa shape index (κ1) is 15.2. The maximum Gasteiger partial charge on any atom is 0.213 e. The molecule has 0 fully saturated rings.